The Bertz CT molecular complexity index is 407. The molecule has 0 saturated heterocycles. The van der Waals surface area contributed by atoms with Crippen LogP contribution in [-0.2, 0) is 0 Å². The fourth-order valence-corrected chi connectivity index (χ4v) is 1.59. The second-order valence-corrected chi connectivity index (χ2v) is 3.80. The number of aromatic nitrogens is 1. The SMILES string of the molecule is Cc1cn(C2CC2)c(=O)c(Cl)c1O. The van der Waals surface area contributed by atoms with Gasteiger partial charge in [0.2, 0.25) is 0 Å². The first-order valence-electron chi connectivity index (χ1n) is 4.21. The number of nitrogens with zero attached hydrogens (tertiary/aromatic N) is 1. The van der Waals surface area contributed by atoms with Gasteiger partial charge in [0.05, 0.1) is 0 Å². The Hall–Kier alpha value is -0.960. The Morgan fingerprint density at radius 3 is 2.77 bits per heavy atom. The molecule has 4 heteroatoms. The van der Waals surface area contributed by atoms with Crippen molar-refractivity contribution in [2.45, 2.75) is 25.8 Å². The highest BCUT2D eigenvalue weighted by Crippen LogP contribution is 2.35. The van der Waals surface area contributed by atoms with Gasteiger partial charge in [-0.1, -0.05) is 11.6 Å². The molecule has 0 spiro atoms. The monoisotopic (exact) mass is 199 g/mol. The molecular formula is C9H10ClNO2. The predicted octanol–water partition coefficient (Wildman–Crippen LogP) is 1.85. The second kappa shape index (κ2) is 2.77. The summed E-state index contributed by atoms with van der Waals surface area (Å²) in [5.41, 5.74) is 0.365. The van der Waals surface area contributed by atoms with Crippen LogP contribution in [0.4, 0.5) is 0 Å². The minimum Gasteiger partial charge on any atom is -0.506 e. The molecule has 70 valence electrons. The fraction of sp³-hybridized carbons (Fsp3) is 0.444. The lowest BCUT2D eigenvalue weighted by atomic mass is 10.3. The Kier molecular flexibility index (Phi) is 1.84. The smallest absolute Gasteiger partial charge is 0.273 e. The van der Waals surface area contributed by atoms with Crippen LogP contribution in [0, 0.1) is 6.92 Å². The van der Waals surface area contributed by atoms with Crippen molar-refractivity contribution in [3.05, 3.63) is 27.1 Å². The third-order valence-corrected chi connectivity index (χ3v) is 2.62. The number of pyridine rings is 1. The number of hydrogen-bond acceptors (Lipinski definition) is 2. The summed E-state index contributed by atoms with van der Waals surface area (Å²) in [4.78, 5) is 11.5. The van der Waals surface area contributed by atoms with E-state index in [1.807, 2.05) is 0 Å². The quantitative estimate of drug-likeness (QED) is 0.750. The lowest BCUT2D eigenvalue weighted by molar-refractivity contribution is 0.466. The summed E-state index contributed by atoms with van der Waals surface area (Å²) in [5, 5.41) is 9.31. The molecule has 1 saturated carbocycles. The summed E-state index contributed by atoms with van der Waals surface area (Å²) in [6.07, 6.45) is 3.72. The van der Waals surface area contributed by atoms with Gasteiger partial charge in [-0.25, -0.2) is 0 Å². The van der Waals surface area contributed by atoms with E-state index in [-0.39, 0.29) is 16.3 Å². The zero-order chi connectivity index (χ0) is 9.59. The first-order valence-corrected chi connectivity index (χ1v) is 4.59. The van der Waals surface area contributed by atoms with Gasteiger partial charge in [0.15, 0.2) is 0 Å². The molecule has 0 bridgehead atoms. The van der Waals surface area contributed by atoms with Crippen LogP contribution in [0.5, 0.6) is 5.75 Å². The molecule has 1 heterocycles. The minimum atomic E-state index is -0.285. The van der Waals surface area contributed by atoms with Crippen molar-refractivity contribution in [3.8, 4) is 5.75 Å². The molecule has 0 atom stereocenters. The molecule has 1 aliphatic rings. The van der Waals surface area contributed by atoms with Crippen LogP contribution in [-0.4, -0.2) is 9.67 Å². The van der Waals surface area contributed by atoms with Crippen molar-refractivity contribution in [3.63, 3.8) is 0 Å². The van der Waals surface area contributed by atoms with E-state index in [0.29, 0.717) is 11.6 Å². The van der Waals surface area contributed by atoms with Gasteiger partial charge in [-0.2, -0.15) is 0 Å². The molecule has 13 heavy (non-hydrogen) atoms. The average Bonchev–Trinajstić information content (AvgIpc) is 2.91. The maximum Gasteiger partial charge on any atom is 0.273 e. The van der Waals surface area contributed by atoms with E-state index in [9.17, 15) is 9.90 Å². The van der Waals surface area contributed by atoms with Gasteiger partial charge in [-0.15, -0.1) is 0 Å². The van der Waals surface area contributed by atoms with E-state index in [4.69, 9.17) is 11.6 Å². The number of rotatable bonds is 1. The van der Waals surface area contributed by atoms with Crippen molar-refractivity contribution in [1.29, 1.82) is 0 Å². The summed E-state index contributed by atoms with van der Waals surface area (Å²) in [5.74, 6) is -0.0939. The highest BCUT2D eigenvalue weighted by atomic mass is 35.5. The van der Waals surface area contributed by atoms with Crippen LogP contribution >= 0.6 is 11.6 Å². The van der Waals surface area contributed by atoms with Crippen LogP contribution in [0.1, 0.15) is 24.4 Å². The van der Waals surface area contributed by atoms with Gasteiger partial charge in [0.25, 0.3) is 5.56 Å². The van der Waals surface area contributed by atoms with Gasteiger partial charge < -0.3 is 9.67 Å². The highest BCUT2D eigenvalue weighted by Gasteiger charge is 2.26. The van der Waals surface area contributed by atoms with E-state index in [0.717, 1.165) is 12.8 Å². The first kappa shape index (κ1) is 8.63. The minimum absolute atomic E-state index is 0.0631. The molecule has 1 fully saturated rings. The zero-order valence-electron chi connectivity index (χ0n) is 7.25. The normalized spacial score (nSPS) is 16.2. The third-order valence-electron chi connectivity index (χ3n) is 2.28. The molecule has 0 aliphatic heterocycles. The van der Waals surface area contributed by atoms with Crippen molar-refractivity contribution in [2.24, 2.45) is 0 Å². The predicted molar refractivity (Wildman–Crippen MR) is 50.4 cm³/mol. The van der Waals surface area contributed by atoms with E-state index < -0.39 is 0 Å². The molecule has 1 N–H and O–H groups in total. The maximum absolute atomic E-state index is 11.5. The fourth-order valence-electron chi connectivity index (χ4n) is 1.34. The molecule has 0 unspecified atom stereocenters. The number of hydrogen-bond donors (Lipinski definition) is 1. The van der Waals surface area contributed by atoms with Crippen molar-refractivity contribution >= 4 is 11.6 Å². The van der Waals surface area contributed by atoms with Crippen molar-refractivity contribution < 1.29 is 5.11 Å². The molecule has 2 rings (SSSR count). The van der Waals surface area contributed by atoms with Crippen LogP contribution < -0.4 is 5.56 Å². The van der Waals surface area contributed by atoms with Crippen molar-refractivity contribution in [2.75, 3.05) is 0 Å². The molecule has 3 nitrogen and oxygen atoms in total. The Morgan fingerprint density at radius 1 is 1.62 bits per heavy atom. The second-order valence-electron chi connectivity index (χ2n) is 3.42. The van der Waals surface area contributed by atoms with Gasteiger partial charge in [-0.3, -0.25) is 4.79 Å². The van der Waals surface area contributed by atoms with E-state index in [1.165, 1.54) is 0 Å². The summed E-state index contributed by atoms with van der Waals surface area (Å²) in [6, 6.07) is 0.296. The van der Waals surface area contributed by atoms with Gasteiger partial charge in [0, 0.05) is 17.8 Å². The van der Waals surface area contributed by atoms with E-state index >= 15 is 0 Å². The Morgan fingerprint density at radius 2 is 2.23 bits per heavy atom. The van der Waals surface area contributed by atoms with Crippen LogP contribution in [0.3, 0.4) is 0 Å². The summed E-state index contributed by atoms with van der Waals surface area (Å²) in [7, 11) is 0. The van der Waals surface area contributed by atoms with Crippen LogP contribution in [0.25, 0.3) is 0 Å². The van der Waals surface area contributed by atoms with E-state index in [2.05, 4.69) is 0 Å². The summed E-state index contributed by atoms with van der Waals surface area (Å²) < 4.78 is 1.61. The maximum atomic E-state index is 11.5. The highest BCUT2D eigenvalue weighted by molar-refractivity contribution is 6.31. The third kappa shape index (κ3) is 1.33. The lowest BCUT2D eigenvalue weighted by Gasteiger charge is -2.07. The summed E-state index contributed by atoms with van der Waals surface area (Å²) >= 11 is 5.68. The standard InChI is InChI=1S/C9H10ClNO2/c1-5-4-11(6-2-3-6)9(13)7(10)8(5)12/h4,6,12H,2-3H2,1H3. The molecule has 0 aromatic carbocycles. The van der Waals surface area contributed by atoms with Crippen LogP contribution in [0.15, 0.2) is 11.0 Å². The molecule has 1 aromatic heterocycles. The molecular weight excluding hydrogens is 190 g/mol. The van der Waals surface area contributed by atoms with Gasteiger partial charge >= 0.3 is 0 Å². The molecule has 1 aliphatic carbocycles. The number of aryl methyl sites for hydroxylation is 1. The van der Waals surface area contributed by atoms with Gasteiger partial charge in [0.1, 0.15) is 10.8 Å². The lowest BCUT2D eigenvalue weighted by Crippen LogP contribution is -2.19. The number of halogens is 1. The first-order chi connectivity index (χ1) is 6.11. The molecule has 0 amide bonds. The van der Waals surface area contributed by atoms with E-state index in [1.54, 1.807) is 17.7 Å². The molecule has 0 radical (unpaired) electrons. The topological polar surface area (TPSA) is 42.2 Å². The van der Waals surface area contributed by atoms with Crippen LogP contribution in [0.2, 0.25) is 5.02 Å². The Labute approximate surface area is 80.6 Å². The average molecular weight is 200 g/mol. The zero-order valence-corrected chi connectivity index (χ0v) is 8.01. The van der Waals surface area contributed by atoms with Crippen molar-refractivity contribution in [1.82, 2.24) is 4.57 Å². The number of aromatic hydroxyl groups is 1. The summed E-state index contributed by atoms with van der Waals surface area (Å²) in [6.45, 7) is 1.74. The Balaban J connectivity index is 2.65. The largest absolute Gasteiger partial charge is 0.506 e. The molecule has 1 aromatic rings. The van der Waals surface area contributed by atoms with Gasteiger partial charge in [-0.05, 0) is 19.8 Å².